The van der Waals surface area contributed by atoms with E-state index in [9.17, 15) is 8.42 Å². The largest absolute Gasteiger partial charge is 0.345 e. The first-order chi connectivity index (χ1) is 6.98. The average molecular weight is 271 g/mol. The monoisotopic (exact) mass is 270 g/mol. The molecule has 0 atom stereocenters. The standard InChI is InChI=1S/C6H7ClN2O4S2/c7-6-9-3(4-12-1-2-13-4)5(14-6)15(8,10)11/h4H,1-2H2,(H2,8,10,11). The molecule has 84 valence electrons. The van der Waals surface area contributed by atoms with Crippen LogP contribution in [0.25, 0.3) is 0 Å². The Labute approximate surface area is 95.0 Å². The SMILES string of the molecule is NS(=O)(=O)c1sc(Cl)nc1C1OCCO1. The van der Waals surface area contributed by atoms with Crippen LogP contribution in [0.4, 0.5) is 0 Å². The van der Waals surface area contributed by atoms with Crippen LogP contribution in [0.5, 0.6) is 0 Å². The Hall–Kier alpha value is -0.250. The molecule has 0 aromatic carbocycles. The molecule has 2 heterocycles. The molecule has 15 heavy (non-hydrogen) atoms. The zero-order chi connectivity index (χ0) is 11.1. The number of rotatable bonds is 2. The highest BCUT2D eigenvalue weighted by molar-refractivity contribution is 7.91. The van der Waals surface area contributed by atoms with Gasteiger partial charge in [-0.25, -0.2) is 18.5 Å². The first kappa shape index (κ1) is 11.2. The summed E-state index contributed by atoms with van der Waals surface area (Å²) in [6.45, 7) is 0.785. The Morgan fingerprint density at radius 3 is 2.60 bits per heavy atom. The predicted octanol–water partition coefficient (Wildman–Crippen LogP) is 0.489. The van der Waals surface area contributed by atoms with Gasteiger partial charge in [-0.05, 0) is 0 Å². The van der Waals surface area contributed by atoms with Crippen LogP contribution in [0.2, 0.25) is 4.47 Å². The first-order valence-corrected chi connectivity index (χ1v) is 6.65. The molecule has 0 aliphatic carbocycles. The van der Waals surface area contributed by atoms with Crippen molar-refractivity contribution in [2.45, 2.75) is 10.5 Å². The molecule has 1 aliphatic heterocycles. The second-order valence-corrected chi connectivity index (χ2v) is 6.10. The van der Waals surface area contributed by atoms with Crippen molar-refractivity contribution in [3.8, 4) is 0 Å². The number of thiazole rings is 1. The van der Waals surface area contributed by atoms with Gasteiger partial charge in [0.1, 0.15) is 5.69 Å². The van der Waals surface area contributed by atoms with E-state index >= 15 is 0 Å². The zero-order valence-electron chi connectivity index (χ0n) is 7.34. The van der Waals surface area contributed by atoms with E-state index in [4.69, 9.17) is 26.2 Å². The van der Waals surface area contributed by atoms with Crippen LogP contribution in [-0.2, 0) is 19.5 Å². The molecule has 2 N–H and O–H groups in total. The molecular weight excluding hydrogens is 264 g/mol. The minimum absolute atomic E-state index is 0.0909. The van der Waals surface area contributed by atoms with Gasteiger partial charge in [0.15, 0.2) is 8.68 Å². The highest BCUT2D eigenvalue weighted by Crippen LogP contribution is 2.33. The summed E-state index contributed by atoms with van der Waals surface area (Å²) in [5, 5.41) is 5.01. The Bertz CT molecular complexity index is 465. The minimum Gasteiger partial charge on any atom is -0.345 e. The number of nitrogens with two attached hydrogens (primary N) is 1. The van der Waals surface area contributed by atoms with Gasteiger partial charge in [0.25, 0.3) is 0 Å². The Morgan fingerprint density at radius 2 is 2.07 bits per heavy atom. The molecule has 0 unspecified atom stereocenters. The van der Waals surface area contributed by atoms with Crippen LogP contribution in [0.1, 0.15) is 12.0 Å². The lowest BCUT2D eigenvalue weighted by molar-refractivity contribution is -0.0487. The van der Waals surface area contributed by atoms with Gasteiger partial charge in [-0.1, -0.05) is 22.9 Å². The molecule has 1 aliphatic rings. The topological polar surface area (TPSA) is 91.5 Å². The summed E-state index contributed by atoms with van der Waals surface area (Å²) < 4.78 is 32.6. The van der Waals surface area contributed by atoms with E-state index in [1.165, 1.54) is 0 Å². The van der Waals surface area contributed by atoms with Crippen LogP contribution >= 0.6 is 22.9 Å². The number of sulfonamides is 1. The lowest BCUT2D eigenvalue weighted by Crippen LogP contribution is -2.14. The molecule has 0 bridgehead atoms. The summed E-state index contributed by atoms with van der Waals surface area (Å²) in [6, 6.07) is 0. The minimum atomic E-state index is -3.84. The van der Waals surface area contributed by atoms with Crippen molar-refractivity contribution in [3.63, 3.8) is 0 Å². The van der Waals surface area contributed by atoms with Crippen molar-refractivity contribution < 1.29 is 17.9 Å². The molecular formula is C6H7ClN2O4S2. The Balaban J connectivity index is 2.46. The highest BCUT2D eigenvalue weighted by Gasteiger charge is 2.30. The van der Waals surface area contributed by atoms with Crippen LogP contribution < -0.4 is 5.14 Å². The maximum atomic E-state index is 11.2. The maximum absolute atomic E-state index is 11.2. The van der Waals surface area contributed by atoms with Gasteiger partial charge in [-0.15, -0.1) is 0 Å². The second-order valence-electron chi connectivity index (χ2n) is 2.76. The highest BCUT2D eigenvalue weighted by atomic mass is 35.5. The van der Waals surface area contributed by atoms with Crippen LogP contribution in [0, 0.1) is 0 Å². The fourth-order valence-corrected chi connectivity index (χ4v) is 3.30. The molecule has 0 amide bonds. The third-order valence-corrected chi connectivity index (χ3v) is 4.34. The van der Waals surface area contributed by atoms with Gasteiger partial charge in [0.05, 0.1) is 13.2 Å². The van der Waals surface area contributed by atoms with Gasteiger partial charge < -0.3 is 9.47 Å². The Kier molecular flexibility index (Phi) is 2.97. The summed E-state index contributed by atoms with van der Waals surface area (Å²) in [5.41, 5.74) is 0.130. The van der Waals surface area contributed by atoms with E-state index in [-0.39, 0.29) is 14.4 Å². The van der Waals surface area contributed by atoms with Gasteiger partial charge >= 0.3 is 0 Å². The van der Waals surface area contributed by atoms with Gasteiger partial charge in [0.2, 0.25) is 16.3 Å². The molecule has 6 nitrogen and oxygen atoms in total. The molecule has 1 fully saturated rings. The summed E-state index contributed by atoms with van der Waals surface area (Å²) in [6.07, 6.45) is -0.790. The van der Waals surface area contributed by atoms with Crippen molar-refractivity contribution in [2.24, 2.45) is 5.14 Å². The van der Waals surface area contributed by atoms with Crippen LogP contribution in [0.15, 0.2) is 4.21 Å². The number of halogens is 1. The van der Waals surface area contributed by atoms with E-state index in [1.54, 1.807) is 0 Å². The lowest BCUT2D eigenvalue weighted by atomic mass is 10.5. The zero-order valence-corrected chi connectivity index (χ0v) is 9.73. The smallest absolute Gasteiger partial charge is 0.249 e. The van der Waals surface area contributed by atoms with Crippen LogP contribution in [-0.4, -0.2) is 26.6 Å². The van der Waals surface area contributed by atoms with E-state index in [0.717, 1.165) is 11.3 Å². The number of hydrogen-bond acceptors (Lipinski definition) is 6. The summed E-state index contributed by atoms with van der Waals surface area (Å²) >= 11 is 6.42. The number of nitrogens with zero attached hydrogens (tertiary/aromatic N) is 1. The number of aromatic nitrogens is 1. The summed E-state index contributed by atoms with van der Waals surface area (Å²) in [4.78, 5) is 3.83. The fourth-order valence-electron chi connectivity index (χ4n) is 1.16. The molecule has 0 radical (unpaired) electrons. The molecule has 1 aromatic heterocycles. The van der Waals surface area contributed by atoms with Crippen molar-refractivity contribution in [1.82, 2.24) is 4.98 Å². The summed E-state index contributed by atoms with van der Waals surface area (Å²) in [5.74, 6) is 0. The first-order valence-electron chi connectivity index (χ1n) is 3.91. The Morgan fingerprint density at radius 1 is 1.47 bits per heavy atom. The average Bonchev–Trinajstić information content (AvgIpc) is 2.68. The second kappa shape index (κ2) is 3.96. The number of hydrogen-bond donors (Lipinski definition) is 1. The fraction of sp³-hybridized carbons (Fsp3) is 0.500. The molecule has 1 aromatic rings. The lowest BCUT2D eigenvalue weighted by Gasteiger charge is -2.06. The molecule has 9 heteroatoms. The number of primary sulfonamides is 1. The quantitative estimate of drug-likeness (QED) is 0.844. The van der Waals surface area contributed by atoms with E-state index in [2.05, 4.69) is 4.98 Å². The van der Waals surface area contributed by atoms with Crippen molar-refractivity contribution in [1.29, 1.82) is 0 Å². The van der Waals surface area contributed by atoms with Crippen molar-refractivity contribution >= 4 is 33.0 Å². The van der Waals surface area contributed by atoms with Crippen molar-refractivity contribution in [2.75, 3.05) is 13.2 Å². The van der Waals surface area contributed by atoms with Crippen molar-refractivity contribution in [3.05, 3.63) is 10.2 Å². The third kappa shape index (κ3) is 2.30. The summed E-state index contributed by atoms with van der Waals surface area (Å²) in [7, 11) is -3.84. The molecule has 2 rings (SSSR count). The van der Waals surface area contributed by atoms with E-state index < -0.39 is 16.3 Å². The molecule has 0 saturated carbocycles. The van der Waals surface area contributed by atoms with Gasteiger partial charge in [-0.3, -0.25) is 0 Å². The predicted molar refractivity (Wildman–Crippen MR) is 53.1 cm³/mol. The molecule has 1 saturated heterocycles. The molecule has 0 spiro atoms. The van der Waals surface area contributed by atoms with Crippen LogP contribution in [0.3, 0.4) is 0 Å². The third-order valence-electron chi connectivity index (χ3n) is 1.70. The normalized spacial score (nSPS) is 18.5. The number of ether oxygens (including phenoxy) is 2. The maximum Gasteiger partial charge on any atom is 0.249 e. The van der Waals surface area contributed by atoms with E-state index in [0.29, 0.717) is 13.2 Å². The van der Waals surface area contributed by atoms with Gasteiger partial charge in [0, 0.05) is 0 Å². The van der Waals surface area contributed by atoms with Gasteiger partial charge in [-0.2, -0.15) is 0 Å². The van der Waals surface area contributed by atoms with E-state index in [1.807, 2.05) is 0 Å².